The van der Waals surface area contributed by atoms with Crippen LogP contribution in [0.5, 0.6) is 0 Å². The lowest BCUT2D eigenvalue weighted by atomic mass is 10.2. The lowest BCUT2D eigenvalue weighted by Crippen LogP contribution is -2.39. The molecular formula is C12H16ClIN2O. The fourth-order valence-electron chi connectivity index (χ4n) is 1.57. The van der Waals surface area contributed by atoms with Gasteiger partial charge in [0.05, 0.1) is 5.56 Å². The van der Waals surface area contributed by atoms with E-state index >= 15 is 0 Å². The number of carbonyl (C=O) groups is 1. The van der Waals surface area contributed by atoms with Crippen LogP contribution in [-0.4, -0.2) is 37.5 Å². The van der Waals surface area contributed by atoms with Crippen LogP contribution in [0.15, 0.2) is 18.2 Å². The number of carbonyl (C=O) groups excluding carboxylic acids is 1. The average Bonchev–Trinajstić information content (AvgIpc) is 2.20. The van der Waals surface area contributed by atoms with E-state index in [2.05, 4.69) is 27.9 Å². The van der Waals surface area contributed by atoms with Gasteiger partial charge in [0.15, 0.2) is 0 Å². The van der Waals surface area contributed by atoms with Crippen molar-refractivity contribution in [1.29, 1.82) is 0 Å². The standard InChI is InChI=1S/C12H16ClIN2O/c1-8(7-16(2)3)15-12(17)10-6-9(13)4-5-11(10)14/h4-6,8H,7H2,1-3H3,(H,15,17). The minimum Gasteiger partial charge on any atom is -0.348 e. The van der Waals surface area contributed by atoms with E-state index < -0.39 is 0 Å². The molecule has 1 N–H and O–H groups in total. The summed E-state index contributed by atoms with van der Waals surface area (Å²) in [5, 5.41) is 3.53. The summed E-state index contributed by atoms with van der Waals surface area (Å²) in [6.45, 7) is 2.79. The Bertz CT molecular complexity index is 409. The Labute approximate surface area is 121 Å². The predicted molar refractivity (Wildman–Crippen MR) is 79.7 cm³/mol. The molecule has 0 heterocycles. The largest absolute Gasteiger partial charge is 0.348 e. The van der Waals surface area contributed by atoms with E-state index in [1.54, 1.807) is 12.1 Å². The molecule has 94 valence electrons. The second-order valence-corrected chi connectivity index (χ2v) is 5.86. The lowest BCUT2D eigenvalue weighted by molar-refractivity contribution is 0.0933. The molecule has 1 amide bonds. The van der Waals surface area contributed by atoms with Gasteiger partial charge in [-0.25, -0.2) is 0 Å². The van der Waals surface area contributed by atoms with E-state index in [4.69, 9.17) is 11.6 Å². The number of likely N-dealkylation sites (N-methyl/N-ethyl adjacent to an activating group) is 1. The second-order valence-electron chi connectivity index (χ2n) is 4.26. The van der Waals surface area contributed by atoms with Crippen molar-refractivity contribution in [1.82, 2.24) is 10.2 Å². The van der Waals surface area contributed by atoms with Gasteiger partial charge in [0.2, 0.25) is 0 Å². The Morgan fingerprint density at radius 3 is 2.76 bits per heavy atom. The maximum Gasteiger partial charge on any atom is 0.252 e. The molecule has 1 rings (SSSR count). The summed E-state index contributed by atoms with van der Waals surface area (Å²) in [6, 6.07) is 5.42. The first-order valence-electron chi connectivity index (χ1n) is 5.31. The quantitative estimate of drug-likeness (QED) is 0.831. The third kappa shape index (κ3) is 4.81. The molecule has 0 spiro atoms. The number of nitrogens with one attached hydrogen (secondary N) is 1. The molecule has 0 saturated heterocycles. The Hall–Kier alpha value is -0.330. The zero-order chi connectivity index (χ0) is 13.0. The van der Waals surface area contributed by atoms with E-state index in [1.807, 2.05) is 32.0 Å². The van der Waals surface area contributed by atoms with Crippen molar-refractivity contribution >= 4 is 40.1 Å². The molecule has 3 nitrogen and oxygen atoms in total. The van der Waals surface area contributed by atoms with E-state index in [0.29, 0.717) is 10.6 Å². The van der Waals surface area contributed by atoms with Crippen molar-refractivity contribution < 1.29 is 4.79 Å². The maximum atomic E-state index is 12.0. The third-order valence-corrected chi connectivity index (χ3v) is 3.37. The molecule has 0 aliphatic rings. The van der Waals surface area contributed by atoms with Crippen LogP contribution in [0.2, 0.25) is 5.02 Å². The van der Waals surface area contributed by atoms with Crippen LogP contribution >= 0.6 is 34.2 Å². The molecule has 0 radical (unpaired) electrons. The van der Waals surface area contributed by atoms with Gasteiger partial charge >= 0.3 is 0 Å². The number of nitrogens with zero attached hydrogens (tertiary/aromatic N) is 1. The summed E-state index contributed by atoms with van der Waals surface area (Å²) in [5.41, 5.74) is 0.628. The first-order valence-corrected chi connectivity index (χ1v) is 6.76. The fraction of sp³-hybridized carbons (Fsp3) is 0.417. The number of amides is 1. The molecule has 0 saturated carbocycles. The molecule has 0 aliphatic heterocycles. The van der Waals surface area contributed by atoms with E-state index in [1.165, 1.54) is 0 Å². The molecule has 0 aromatic heterocycles. The molecule has 0 bridgehead atoms. The van der Waals surface area contributed by atoms with Crippen molar-refractivity contribution in [3.63, 3.8) is 0 Å². The summed E-state index contributed by atoms with van der Waals surface area (Å²) in [4.78, 5) is 14.1. The molecule has 1 aromatic carbocycles. The van der Waals surface area contributed by atoms with Gasteiger partial charge in [-0.3, -0.25) is 4.79 Å². The van der Waals surface area contributed by atoms with E-state index in [9.17, 15) is 4.79 Å². The Morgan fingerprint density at radius 1 is 1.53 bits per heavy atom. The van der Waals surface area contributed by atoms with Crippen molar-refractivity contribution in [3.8, 4) is 0 Å². The minimum absolute atomic E-state index is 0.0775. The number of benzene rings is 1. The van der Waals surface area contributed by atoms with Crippen LogP contribution in [0.1, 0.15) is 17.3 Å². The Balaban J connectivity index is 2.73. The molecule has 5 heteroatoms. The van der Waals surface area contributed by atoms with Crippen LogP contribution < -0.4 is 5.32 Å². The van der Waals surface area contributed by atoms with Gasteiger partial charge in [-0.15, -0.1) is 0 Å². The van der Waals surface area contributed by atoms with Gasteiger partial charge in [-0.2, -0.15) is 0 Å². The second kappa shape index (κ2) is 6.56. The zero-order valence-corrected chi connectivity index (χ0v) is 13.0. The molecule has 17 heavy (non-hydrogen) atoms. The van der Waals surface area contributed by atoms with Gasteiger partial charge in [0.1, 0.15) is 0 Å². The monoisotopic (exact) mass is 366 g/mol. The fourth-order valence-corrected chi connectivity index (χ4v) is 2.32. The van der Waals surface area contributed by atoms with Crippen molar-refractivity contribution in [2.45, 2.75) is 13.0 Å². The lowest BCUT2D eigenvalue weighted by Gasteiger charge is -2.18. The molecule has 0 fully saturated rings. The van der Waals surface area contributed by atoms with Gasteiger partial charge in [-0.1, -0.05) is 11.6 Å². The highest BCUT2D eigenvalue weighted by Crippen LogP contribution is 2.17. The van der Waals surface area contributed by atoms with Gasteiger partial charge in [0.25, 0.3) is 5.91 Å². The Morgan fingerprint density at radius 2 is 2.18 bits per heavy atom. The topological polar surface area (TPSA) is 32.3 Å². The van der Waals surface area contributed by atoms with Gasteiger partial charge < -0.3 is 10.2 Å². The minimum atomic E-state index is -0.0775. The van der Waals surface area contributed by atoms with Crippen molar-refractivity contribution in [2.75, 3.05) is 20.6 Å². The van der Waals surface area contributed by atoms with Crippen molar-refractivity contribution in [3.05, 3.63) is 32.4 Å². The van der Waals surface area contributed by atoms with E-state index in [-0.39, 0.29) is 11.9 Å². The summed E-state index contributed by atoms with van der Waals surface area (Å²) in [5.74, 6) is -0.0775. The Kier molecular flexibility index (Phi) is 5.69. The first kappa shape index (κ1) is 14.7. The average molecular weight is 367 g/mol. The highest BCUT2D eigenvalue weighted by molar-refractivity contribution is 14.1. The number of hydrogen-bond acceptors (Lipinski definition) is 2. The van der Waals surface area contributed by atoms with Gasteiger partial charge in [-0.05, 0) is 61.8 Å². The number of hydrogen-bond donors (Lipinski definition) is 1. The van der Waals surface area contributed by atoms with Crippen LogP contribution in [0.4, 0.5) is 0 Å². The number of halogens is 2. The molecule has 1 aromatic rings. The third-order valence-electron chi connectivity index (χ3n) is 2.19. The molecule has 1 unspecified atom stereocenters. The summed E-state index contributed by atoms with van der Waals surface area (Å²) in [7, 11) is 3.96. The molecule has 0 aliphatic carbocycles. The summed E-state index contributed by atoms with van der Waals surface area (Å²) < 4.78 is 0.904. The predicted octanol–water partition coefficient (Wildman–Crippen LogP) is 2.62. The number of rotatable bonds is 4. The summed E-state index contributed by atoms with van der Waals surface area (Å²) in [6.07, 6.45) is 0. The highest BCUT2D eigenvalue weighted by Gasteiger charge is 2.13. The highest BCUT2D eigenvalue weighted by atomic mass is 127. The van der Waals surface area contributed by atoms with Crippen LogP contribution in [0.3, 0.4) is 0 Å². The van der Waals surface area contributed by atoms with Gasteiger partial charge in [0, 0.05) is 21.2 Å². The van der Waals surface area contributed by atoms with Crippen LogP contribution in [0, 0.1) is 3.57 Å². The normalized spacial score (nSPS) is 12.6. The van der Waals surface area contributed by atoms with Crippen molar-refractivity contribution in [2.24, 2.45) is 0 Å². The van der Waals surface area contributed by atoms with Crippen LogP contribution in [-0.2, 0) is 0 Å². The SMILES string of the molecule is CC(CN(C)C)NC(=O)c1cc(Cl)ccc1I. The van der Waals surface area contributed by atoms with E-state index in [0.717, 1.165) is 10.1 Å². The molecular weight excluding hydrogens is 351 g/mol. The van der Waals surface area contributed by atoms with Crippen LogP contribution in [0.25, 0.3) is 0 Å². The first-order chi connectivity index (χ1) is 7.90. The molecule has 1 atom stereocenters. The summed E-state index contributed by atoms with van der Waals surface area (Å²) >= 11 is 8.02. The zero-order valence-electron chi connectivity index (χ0n) is 10.1. The maximum absolute atomic E-state index is 12.0. The smallest absolute Gasteiger partial charge is 0.252 e.